The van der Waals surface area contributed by atoms with Gasteiger partial charge in [0.05, 0.1) is 25.2 Å². The fourth-order valence-corrected chi connectivity index (χ4v) is 2.08. The highest BCUT2D eigenvalue weighted by atomic mass is 79.9. The Labute approximate surface area is 111 Å². The first-order valence-corrected chi connectivity index (χ1v) is 6.03. The van der Waals surface area contributed by atoms with E-state index in [0.29, 0.717) is 12.3 Å². The molecule has 0 atom stereocenters. The molecule has 92 valence electrons. The molecule has 0 aliphatic carbocycles. The van der Waals surface area contributed by atoms with Crippen molar-refractivity contribution in [1.82, 2.24) is 5.32 Å². The number of hydrogen-bond acceptors (Lipinski definition) is 3. The summed E-state index contributed by atoms with van der Waals surface area (Å²) in [6, 6.07) is 3.96. The first kappa shape index (κ1) is 13.9. The molecule has 1 N–H and O–H groups in total. The molecule has 0 aliphatic heterocycles. The van der Waals surface area contributed by atoms with Crippen molar-refractivity contribution < 1.29 is 9.47 Å². The third kappa shape index (κ3) is 3.95. The van der Waals surface area contributed by atoms with Gasteiger partial charge in [-0.3, -0.25) is 0 Å². The van der Waals surface area contributed by atoms with E-state index in [1.54, 1.807) is 14.2 Å². The summed E-state index contributed by atoms with van der Waals surface area (Å²) in [6.07, 6.45) is 0. The molecule has 0 heterocycles. The van der Waals surface area contributed by atoms with Gasteiger partial charge in [-0.15, -0.1) is 5.92 Å². The summed E-state index contributed by atoms with van der Waals surface area (Å²) in [5.41, 5.74) is 1.12. The van der Waals surface area contributed by atoms with Crippen molar-refractivity contribution in [3.8, 4) is 23.3 Å². The van der Waals surface area contributed by atoms with Crippen molar-refractivity contribution in [3.63, 3.8) is 0 Å². The zero-order valence-electron chi connectivity index (χ0n) is 10.3. The standard InChI is InChI=1S/C13H16BrNO2/c1-4-5-6-15-9-10-7-11(14)13(17-3)12(8-10)16-2/h7-8,15H,6,9H2,1-3H3. The maximum Gasteiger partial charge on any atom is 0.174 e. The van der Waals surface area contributed by atoms with Gasteiger partial charge in [-0.2, -0.15) is 0 Å². The number of benzene rings is 1. The minimum atomic E-state index is 0.683. The average Bonchev–Trinajstić information content (AvgIpc) is 2.34. The van der Waals surface area contributed by atoms with Crippen molar-refractivity contribution >= 4 is 15.9 Å². The van der Waals surface area contributed by atoms with Crippen LogP contribution in [0.2, 0.25) is 0 Å². The van der Waals surface area contributed by atoms with Gasteiger partial charge < -0.3 is 14.8 Å². The molecule has 4 heteroatoms. The molecule has 0 fully saturated rings. The van der Waals surface area contributed by atoms with E-state index in [4.69, 9.17) is 9.47 Å². The van der Waals surface area contributed by atoms with Crippen molar-refractivity contribution in [1.29, 1.82) is 0 Å². The van der Waals surface area contributed by atoms with Gasteiger partial charge in [-0.05, 0) is 40.5 Å². The number of ether oxygens (including phenoxy) is 2. The smallest absolute Gasteiger partial charge is 0.174 e. The Morgan fingerprint density at radius 3 is 2.65 bits per heavy atom. The molecular weight excluding hydrogens is 282 g/mol. The molecule has 0 radical (unpaired) electrons. The summed E-state index contributed by atoms with van der Waals surface area (Å²) >= 11 is 3.46. The van der Waals surface area contributed by atoms with E-state index in [1.165, 1.54) is 0 Å². The monoisotopic (exact) mass is 297 g/mol. The Hall–Kier alpha value is -1.18. The van der Waals surface area contributed by atoms with E-state index in [2.05, 4.69) is 33.1 Å². The molecule has 0 unspecified atom stereocenters. The molecule has 1 aromatic rings. The highest BCUT2D eigenvalue weighted by Gasteiger charge is 2.09. The number of nitrogens with one attached hydrogen (secondary N) is 1. The summed E-state index contributed by atoms with van der Waals surface area (Å²) < 4.78 is 11.4. The van der Waals surface area contributed by atoms with Gasteiger partial charge >= 0.3 is 0 Å². The zero-order chi connectivity index (χ0) is 12.7. The number of halogens is 1. The zero-order valence-corrected chi connectivity index (χ0v) is 11.8. The highest BCUT2D eigenvalue weighted by molar-refractivity contribution is 9.10. The van der Waals surface area contributed by atoms with Crippen molar-refractivity contribution in [2.75, 3.05) is 20.8 Å². The van der Waals surface area contributed by atoms with Crippen LogP contribution in [0.3, 0.4) is 0 Å². The second-order valence-corrected chi connectivity index (χ2v) is 4.20. The molecule has 0 bridgehead atoms. The van der Waals surface area contributed by atoms with E-state index in [1.807, 2.05) is 19.1 Å². The lowest BCUT2D eigenvalue weighted by atomic mass is 10.2. The second kappa shape index (κ2) is 7.21. The lowest BCUT2D eigenvalue weighted by molar-refractivity contribution is 0.352. The fraction of sp³-hybridized carbons (Fsp3) is 0.385. The largest absolute Gasteiger partial charge is 0.493 e. The van der Waals surface area contributed by atoms with Gasteiger partial charge in [-0.25, -0.2) is 0 Å². The lowest BCUT2D eigenvalue weighted by Gasteiger charge is -2.12. The molecule has 0 amide bonds. The summed E-state index contributed by atoms with van der Waals surface area (Å²) in [5, 5.41) is 3.23. The number of rotatable bonds is 5. The van der Waals surface area contributed by atoms with E-state index in [9.17, 15) is 0 Å². The van der Waals surface area contributed by atoms with Crippen LogP contribution in [-0.4, -0.2) is 20.8 Å². The van der Waals surface area contributed by atoms with Crippen molar-refractivity contribution in [2.24, 2.45) is 0 Å². The first-order valence-electron chi connectivity index (χ1n) is 5.23. The third-order valence-corrected chi connectivity index (χ3v) is 2.80. The maximum atomic E-state index is 5.27. The summed E-state index contributed by atoms with van der Waals surface area (Å²) in [7, 11) is 3.25. The van der Waals surface area contributed by atoms with Crippen molar-refractivity contribution in [2.45, 2.75) is 13.5 Å². The molecule has 17 heavy (non-hydrogen) atoms. The van der Waals surface area contributed by atoms with Crippen molar-refractivity contribution in [3.05, 3.63) is 22.2 Å². The van der Waals surface area contributed by atoms with E-state index in [0.717, 1.165) is 22.3 Å². The van der Waals surface area contributed by atoms with Crippen LogP contribution in [-0.2, 0) is 6.54 Å². The van der Waals surface area contributed by atoms with Crippen LogP contribution in [0.15, 0.2) is 16.6 Å². The Balaban J connectivity index is 2.79. The summed E-state index contributed by atoms with van der Waals surface area (Å²) in [6.45, 7) is 3.25. The molecule has 1 aromatic carbocycles. The molecule has 0 aliphatic rings. The molecule has 3 nitrogen and oxygen atoms in total. The Morgan fingerprint density at radius 1 is 1.29 bits per heavy atom. The second-order valence-electron chi connectivity index (χ2n) is 3.34. The summed E-state index contributed by atoms with van der Waals surface area (Å²) in [4.78, 5) is 0. The predicted molar refractivity (Wildman–Crippen MR) is 72.4 cm³/mol. The Morgan fingerprint density at radius 2 is 2.06 bits per heavy atom. The van der Waals surface area contributed by atoms with Crippen LogP contribution in [0.4, 0.5) is 0 Å². The predicted octanol–water partition coefficient (Wildman–Crippen LogP) is 2.58. The fourth-order valence-electron chi connectivity index (χ4n) is 1.43. The normalized spacial score (nSPS) is 9.41. The van der Waals surface area contributed by atoms with Crippen LogP contribution < -0.4 is 14.8 Å². The van der Waals surface area contributed by atoms with E-state index < -0.39 is 0 Å². The van der Waals surface area contributed by atoms with Gasteiger partial charge in [0.25, 0.3) is 0 Å². The van der Waals surface area contributed by atoms with Gasteiger partial charge in [0.15, 0.2) is 11.5 Å². The number of methoxy groups -OCH3 is 2. The molecule has 0 aromatic heterocycles. The van der Waals surface area contributed by atoms with E-state index in [-0.39, 0.29) is 0 Å². The Kier molecular flexibility index (Phi) is 5.88. The van der Waals surface area contributed by atoms with Crippen LogP contribution in [0.25, 0.3) is 0 Å². The highest BCUT2D eigenvalue weighted by Crippen LogP contribution is 2.36. The van der Waals surface area contributed by atoms with Gasteiger partial charge in [0.2, 0.25) is 0 Å². The molecule has 0 saturated heterocycles. The minimum absolute atomic E-state index is 0.683. The first-order chi connectivity index (χ1) is 8.22. The SMILES string of the molecule is CC#CCNCc1cc(Br)c(OC)c(OC)c1. The van der Waals surface area contributed by atoms with Gasteiger partial charge in [-0.1, -0.05) is 5.92 Å². The minimum Gasteiger partial charge on any atom is -0.493 e. The number of hydrogen-bond donors (Lipinski definition) is 1. The molecule has 0 spiro atoms. The average molecular weight is 298 g/mol. The van der Waals surface area contributed by atoms with Crippen LogP contribution >= 0.6 is 15.9 Å². The summed E-state index contributed by atoms with van der Waals surface area (Å²) in [5.74, 6) is 7.23. The van der Waals surface area contributed by atoms with Gasteiger partial charge in [0, 0.05) is 6.54 Å². The third-order valence-electron chi connectivity index (χ3n) is 2.21. The topological polar surface area (TPSA) is 30.5 Å². The lowest BCUT2D eigenvalue weighted by Crippen LogP contribution is -2.13. The van der Waals surface area contributed by atoms with Crippen LogP contribution in [0.5, 0.6) is 11.5 Å². The van der Waals surface area contributed by atoms with E-state index >= 15 is 0 Å². The Bertz CT molecular complexity index is 435. The molecule has 1 rings (SSSR count). The molecule has 0 saturated carbocycles. The molecular formula is C13H16BrNO2. The quantitative estimate of drug-likeness (QED) is 0.669. The van der Waals surface area contributed by atoms with Crippen LogP contribution in [0, 0.1) is 11.8 Å². The maximum absolute atomic E-state index is 5.27. The van der Waals surface area contributed by atoms with Crippen LogP contribution in [0.1, 0.15) is 12.5 Å². The van der Waals surface area contributed by atoms with Gasteiger partial charge in [0.1, 0.15) is 0 Å².